The van der Waals surface area contributed by atoms with Crippen molar-refractivity contribution in [1.29, 1.82) is 0 Å². The number of aromatic nitrogens is 4. The molecule has 1 atom stereocenters. The molecule has 0 unspecified atom stereocenters. The zero-order valence-electron chi connectivity index (χ0n) is 19.4. The molecule has 1 fully saturated rings. The van der Waals surface area contributed by atoms with Crippen LogP contribution in [0, 0.1) is 0 Å². The number of ether oxygens (including phenoxy) is 1. The van der Waals surface area contributed by atoms with E-state index in [9.17, 15) is 0 Å². The molecule has 3 N–H and O–H groups in total. The quantitative estimate of drug-likeness (QED) is 0.475. The van der Waals surface area contributed by atoms with Crippen LogP contribution >= 0.6 is 0 Å². The van der Waals surface area contributed by atoms with Crippen LogP contribution in [-0.2, 0) is 13.0 Å². The van der Waals surface area contributed by atoms with Gasteiger partial charge in [-0.2, -0.15) is 5.10 Å². The normalized spacial score (nSPS) is 17.8. The molecule has 6 rings (SSSR count). The maximum absolute atomic E-state index is 6.31. The van der Waals surface area contributed by atoms with Gasteiger partial charge < -0.3 is 20.7 Å². The molecule has 8 heteroatoms. The Kier molecular flexibility index (Phi) is 5.30. The highest BCUT2D eigenvalue weighted by Gasteiger charge is 2.24. The van der Waals surface area contributed by atoms with Gasteiger partial charge in [0.1, 0.15) is 23.6 Å². The SMILES string of the molecule is COc1ccc2c(c1)CCN2Cc1ccc(-c2nn([C@@H]3CCCNC3)c3ncnc(N)c23)cc1. The average molecular weight is 456 g/mol. The zero-order valence-corrected chi connectivity index (χ0v) is 19.4. The number of methoxy groups -OCH3 is 1. The third kappa shape index (κ3) is 3.64. The van der Waals surface area contributed by atoms with Crippen molar-refractivity contribution in [2.75, 3.05) is 37.4 Å². The minimum atomic E-state index is 0.271. The second kappa shape index (κ2) is 8.61. The van der Waals surface area contributed by atoms with Crippen molar-refractivity contribution >= 4 is 22.5 Å². The van der Waals surface area contributed by atoms with Crippen molar-refractivity contribution in [3.05, 3.63) is 59.9 Å². The number of nitrogens with two attached hydrogens (primary N) is 1. The van der Waals surface area contributed by atoms with Crippen molar-refractivity contribution in [2.24, 2.45) is 0 Å². The summed E-state index contributed by atoms with van der Waals surface area (Å²) in [5.74, 6) is 1.40. The predicted molar refractivity (Wildman–Crippen MR) is 134 cm³/mol. The minimum absolute atomic E-state index is 0.271. The number of anilines is 2. The second-order valence-corrected chi connectivity index (χ2v) is 9.11. The van der Waals surface area contributed by atoms with Crippen LogP contribution in [0.4, 0.5) is 11.5 Å². The first-order chi connectivity index (χ1) is 16.7. The number of nitrogen functional groups attached to an aromatic ring is 1. The van der Waals surface area contributed by atoms with E-state index in [2.05, 4.69) is 56.6 Å². The molecule has 4 heterocycles. The summed E-state index contributed by atoms with van der Waals surface area (Å²) in [7, 11) is 1.72. The van der Waals surface area contributed by atoms with Crippen molar-refractivity contribution < 1.29 is 4.74 Å². The van der Waals surface area contributed by atoms with Gasteiger partial charge in [-0.1, -0.05) is 24.3 Å². The van der Waals surface area contributed by atoms with Gasteiger partial charge in [0.25, 0.3) is 0 Å². The fourth-order valence-electron chi connectivity index (χ4n) is 5.22. The van der Waals surface area contributed by atoms with Crippen molar-refractivity contribution in [3.8, 4) is 17.0 Å². The molecule has 34 heavy (non-hydrogen) atoms. The second-order valence-electron chi connectivity index (χ2n) is 9.11. The van der Waals surface area contributed by atoms with E-state index in [0.29, 0.717) is 5.82 Å². The van der Waals surface area contributed by atoms with Crippen LogP contribution in [0.25, 0.3) is 22.3 Å². The van der Waals surface area contributed by atoms with Crippen molar-refractivity contribution in [2.45, 2.75) is 31.8 Å². The molecule has 0 aliphatic carbocycles. The van der Waals surface area contributed by atoms with Crippen LogP contribution in [0.3, 0.4) is 0 Å². The Bertz CT molecular complexity index is 1330. The van der Waals surface area contributed by atoms with E-state index in [1.54, 1.807) is 7.11 Å². The summed E-state index contributed by atoms with van der Waals surface area (Å²) >= 11 is 0. The number of hydrogen-bond acceptors (Lipinski definition) is 7. The van der Waals surface area contributed by atoms with E-state index in [1.165, 1.54) is 23.1 Å². The van der Waals surface area contributed by atoms with Crippen LogP contribution in [0.5, 0.6) is 5.75 Å². The van der Waals surface area contributed by atoms with E-state index in [1.807, 2.05) is 10.7 Å². The summed E-state index contributed by atoms with van der Waals surface area (Å²) in [6.07, 6.45) is 4.78. The molecule has 4 aromatic rings. The van der Waals surface area contributed by atoms with Gasteiger partial charge in [-0.15, -0.1) is 0 Å². The van der Waals surface area contributed by atoms with E-state index in [0.717, 1.165) is 73.5 Å². The topological polar surface area (TPSA) is 94.1 Å². The molecule has 1 saturated heterocycles. The van der Waals surface area contributed by atoms with E-state index < -0.39 is 0 Å². The Morgan fingerprint density at radius 3 is 2.82 bits per heavy atom. The van der Waals surface area contributed by atoms with E-state index in [-0.39, 0.29) is 6.04 Å². The lowest BCUT2D eigenvalue weighted by Crippen LogP contribution is -2.32. The van der Waals surface area contributed by atoms with Crippen LogP contribution in [0.2, 0.25) is 0 Å². The van der Waals surface area contributed by atoms with Crippen LogP contribution in [-0.4, -0.2) is 46.5 Å². The molecule has 174 valence electrons. The largest absolute Gasteiger partial charge is 0.497 e. The van der Waals surface area contributed by atoms with Gasteiger partial charge in [0, 0.05) is 30.9 Å². The average Bonchev–Trinajstić information content (AvgIpc) is 3.47. The summed E-state index contributed by atoms with van der Waals surface area (Å²) < 4.78 is 7.42. The molecular weight excluding hydrogens is 426 g/mol. The molecule has 0 bridgehead atoms. The molecule has 0 saturated carbocycles. The highest BCUT2D eigenvalue weighted by Crippen LogP contribution is 2.35. The Morgan fingerprint density at radius 2 is 2.03 bits per heavy atom. The highest BCUT2D eigenvalue weighted by molar-refractivity contribution is 5.98. The number of benzene rings is 2. The molecule has 0 amide bonds. The zero-order chi connectivity index (χ0) is 23.1. The van der Waals surface area contributed by atoms with E-state index in [4.69, 9.17) is 15.6 Å². The monoisotopic (exact) mass is 455 g/mol. The maximum Gasteiger partial charge on any atom is 0.164 e. The number of rotatable bonds is 5. The fraction of sp³-hybridized carbons (Fsp3) is 0.346. The number of fused-ring (bicyclic) bond motifs is 2. The van der Waals surface area contributed by atoms with Crippen molar-refractivity contribution in [1.82, 2.24) is 25.1 Å². The van der Waals surface area contributed by atoms with Crippen LogP contribution in [0.15, 0.2) is 48.8 Å². The van der Waals surface area contributed by atoms with Gasteiger partial charge in [0.05, 0.1) is 18.5 Å². The molecule has 2 aromatic heterocycles. The lowest BCUT2D eigenvalue weighted by atomic mass is 10.1. The fourth-order valence-corrected chi connectivity index (χ4v) is 5.22. The summed E-state index contributed by atoms with van der Waals surface area (Å²) in [6.45, 7) is 3.83. The molecule has 8 nitrogen and oxygen atoms in total. The number of nitrogens with one attached hydrogen (secondary N) is 1. The standard InChI is InChI=1S/C26H29N7O/c1-34-21-8-9-22-19(13-21)10-12-32(22)15-17-4-6-18(7-5-17)24-23-25(27)29-16-30-26(23)33(31-24)20-3-2-11-28-14-20/h4-9,13,16,20,28H,2-3,10-12,14-15H2,1H3,(H2,27,29,30)/t20-/m1/s1. The molecule has 0 spiro atoms. The Labute approximate surface area is 198 Å². The Balaban J connectivity index is 1.29. The van der Waals surface area contributed by atoms with Gasteiger partial charge in [-0.25, -0.2) is 14.6 Å². The van der Waals surface area contributed by atoms with Gasteiger partial charge >= 0.3 is 0 Å². The van der Waals surface area contributed by atoms with Gasteiger partial charge in [-0.05, 0) is 55.1 Å². The smallest absolute Gasteiger partial charge is 0.164 e. The van der Waals surface area contributed by atoms with Crippen LogP contribution in [0.1, 0.15) is 30.0 Å². The van der Waals surface area contributed by atoms with Gasteiger partial charge in [0.15, 0.2) is 5.65 Å². The van der Waals surface area contributed by atoms with Gasteiger partial charge in [-0.3, -0.25) is 0 Å². The first-order valence-corrected chi connectivity index (χ1v) is 11.9. The minimum Gasteiger partial charge on any atom is -0.497 e. The summed E-state index contributed by atoms with van der Waals surface area (Å²) in [5, 5.41) is 9.30. The van der Waals surface area contributed by atoms with E-state index >= 15 is 0 Å². The third-order valence-electron chi connectivity index (χ3n) is 7.01. The third-order valence-corrected chi connectivity index (χ3v) is 7.01. The number of nitrogens with zero attached hydrogens (tertiary/aromatic N) is 5. The van der Waals surface area contributed by atoms with Gasteiger partial charge in [0.2, 0.25) is 0 Å². The molecule has 0 radical (unpaired) electrons. The molecule has 2 aliphatic heterocycles. The molecule has 2 aromatic carbocycles. The first kappa shape index (κ1) is 20.9. The molecular formula is C26H29N7O. The number of piperidine rings is 1. The lowest BCUT2D eigenvalue weighted by Gasteiger charge is -2.23. The Morgan fingerprint density at radius 1 is 1.15 bits per heavy atom. The first-order valence-electron chi connectivity index (χ1n) is 11.9. The maximum atomic E-state index is 6.31. The Hall–Kier alpha value is -3.65. The van der Waals surface area contributed by atoms with Crippen molar-refractivity contribution in [3.63, 3.8) is 0 Å². The summed E-state index contributed by atoms with van der Waals surface area (Å²) in [5.41, 5.74) is 12.9. The molecule has 2 aliphatic rings. The summed E-state index contributed by atoms with van der Waals surface area (Å²) in [6, 6.07) is 15.3. The lowest BCUT2D eigenvalue weighted by molar-refractivity contribution is 0.354. The summed E-state index contributed by atoms with van der Waals surface area (Å²) in [4.78, 5) is 11.2. The number of hydrogen-bond donors (Lipinski definition) is 2. The highest BCUT2D eigenvalue weighted by atomic mass is 16.5. The predicted octanol–water partition coefficient (Wildman–Crippen LogP) is 3.57. The van der Waals surface area contributed by atoms with Crippen LogP contribution < -0.4 is 20.7 Å².